The number of ether oxygens (including phenoxy) is 1. The maximum atomic E-state index is 13.3. The molecule has 1 heterocycles. The zero-order valence-corrected chi connectivity index (χ0v) is 16.0. The number of nitrogens with one attached hydrogen (secondary N) is 1. The van der Waals surface area contributed by atoms with Crippen molar-refractivity contribution in [3.05, 3.63) is 54.7 Å². The highest BCUT2D eigenvalue weighted by atomic mass is 32.7. The molecule has 0 aliphatic rings. The van der Waals surface area contributed by atoms with Crippen LogP contribution >= 0.6 is 18.1 Å². The molecule has 0 amide bonds. The summed E-state index contributed by atoms with van der Waals surface area (Å²) >= 11 is 0.954. The van der Waals surface area contributed by atoms with Crippen molar-refractivity contribution in [1.82, 2.24) is 10.1 Å². The first-order valence-corrected chi connectivity index (χ1v) is 10.9. The molecule has 0 aliphatic heterocycles. The van der Waals surface area contributed by atoms with Gasteiger partial charge in [0.2, 0.25) is 0 Å². The first kappa shape index (κ1) is 19.5. The van der Waals surface area contributed by atoms with Gasteiger partial charge in [0.25, 0.3) is 0 Å². The van der Waals surface area contributed by atoms with Crippen LogP contribution in [0.1, 0.15) is 20.8 Å². The summed E-state index contributed by atoms with van der Waals surface area (Å²) in [6.45, 7) is 1.59. The number of hydrogen-bond acceptors (Lipinski definition) is 6. The Morgan fingerprint density at radius 1 is 1.12 bits per heavy atom. The second-order valence-corrected chi connectivity index (χ2v) is 9.52. The Morgan fingerprint density at radius 2 is 1.80 bits per heavy atom. The standard InChI is InChI=1S/C17H21N2O4PS/c1-13(2)22-17(20)14(3)19-24(21,23-15-9-5-4-6-10-15)25-16-11-7-8-12-18-16/h4-14H,1-3H3,(H,19,21)/t14-,24?/m0/s1. The molecule has 0 fully saturated rings. The second-order valence-electron chi connectivity index (χ2n) is 5.50. The van der Waals surface area contributed by atoms with Crippen molar-refractivity contribution < 1.29 is 18.6 Å². The van der Waals surface area contributed by atoms with Gasteiger partial charge in [0.05, 0.1) is 6.10 Å². The van der Waals surface area contributed by atoms with E-state index in [2.05, 4.69) is 10.1 Å². The minimum atomic E-state index is -3.51. The van der Waals surface area contributed by atoms with E-state index >= 15 is 0 Å². The van der Waals surface area contributed by atoms with Crippen molar-refractivity contribution in [2.75, 3.05) is 0 Å². The van der Waals surface area contributed by atoms with Gasteiger partial charge in [0.15, 0.2) is 0 Å². The largest absolute Gasteiger partial charge is 0.462 e. The third-order valence-electron chi connectivity index (χ3n) is 2.88. The van der Waals surface area contributed by atoms with E-state index in [4.69, 9.17) is 9.26 Å². The van der Waals surface area contributed by atoms with Gasteiger partial charge in [-0.2, -0.15) is 0 Å². The van der Waals surface area contributed by atoms with Crippen molar-refractivity contribution in [2.24, 2.45) is 0 Å². The lowest BCUT2D eigenvalue weighted by molar-refractivity contribution is -0.148. The molecule has 6 nitrogen and oxygen atoms in total. The lowest BCUT2D eigenvalue weighted by Crippen LogP contribution is -2.35. The highest BCUT2D eigenvalue weighted by molar-refractivity contribution is 8.56. The first-order valence-electron chi connectivity index (χ1n) is 7.81. The first-order chi connectivity index (χ1) is 11.9. The third-order valence-corrected chi connectivity index (χ3v) is 6.52. The number of rotatable bonds is 8. The van der Waals surface area contributed by atoms with Gasteiger partial charge in [-0.05, 0) is 45.0 Å². The van der Waals surface area contributed by atoms with Gasteiger partial charge >= 0.3 is 12.7 Å². The summed E-state index contributed by atoms with van der Waals surface area (Å²) in [6.07, 6.45) is 1.35. The second kappa shape index (κ2) is 9.04. The van der Waals surface area contributed by atoms with Crippen LogP contribution in [0.4, 0.5) is 0 Å². The molecule has 2 aromatic rings. The summed E-state index contributed by atoms with van der Waals surface area (Å²) in [7, 11) is 0. The van der Waals surface area contributed by atoms with Gasteiger partial charge in [-0.1, -0.05) is 24.3 Å². The molecule has 2 atom stereocenters. The van der Waals surface area contributed by atoms with E-state index in [1.54, 1.807) is 69.4 Å². The van der Waals surface area contributed by atoms with E-state index in [1.807, 2.05) is 6.07 Å². The van der Waals surface area contributed by atoms with E-state index in [0.717, 1.165) is 11.4 Å². The van der Waals surface area contributed by atoms with Crippen molar-refractivity contribution in [2.45, 2.75) is 37.9 Å². The number of pyridine rings is 1. The fourth-order valence-corrected chi connectivity index (χ4v) is 5.52. The van der Waals surface area contributed by atoms with Crippen molar-refractivity contribution in [3.8, 4) is 5.75 Å². The number of aromatic nitrogens is 1. The highest BCUT2D eigenvalue weighted by Crippen LogP contribution is 2.58. The lowest BCUT2D eigenvalue weighted by atomic mass is 10.3. The average molecular weight is 380 g/mol. The Bertz CT molecular complexity index is 682. The molecule has 134 valence electrons. The van der Waals surface area contributed by atoms with Crippen LogP contribution in [0, 0.1) is 0 Å². The molecule has 0 aliphatic carbocycles. The van der Waals surface area contributed by atoms with Crippen LogP contribution in [0.5, 0.6) is 5.75 Å². The Labute approximate surface area is 151 Å². The molecule has 2 rings (SSSR count). The summed E-state index contributed by atoms with van der Waals surface area (Å²) in [4.78, 5) is 16.2. The number of esters is 1. The van der Waals surface area contributed by atoms with Gasteiger partial charge in [0.1, 0.15) is 16.8 Å². The van der Waals surface area contributed by atoms with Crippen molar-refractivity contribution >= 4 is 24.1 Å². The molecule has 0 bridgehead atoms. The molecular weight excluding hydrogens is 359 g/mol. The maximum Gasteiger partial charge on any atom is 0.381 e. The molecule has 0 saturated carbocycles. The molecule has 0 saturated heterocycles. The summed E-state index contributed by atoms with van der Waals surface area (Å²) in [5.41, 5.74) is 0. The van der Waals surface area contributed by atoms with Crippen LogP contribution in [0.15, 0.2) is 59.8 Å². The van der Waals surface area contributed by atoms with Gasteiger partial charge in [0, 0.05) is 17.6 Å². The Kier molecular flexibility index (Phi) is 7.05. The van der Waals surface area contributed by atoms with Gasteiger partial charge in [-0.3, -0.25) is 4.79 Å². The van der Waals surface area contributed by atoms with Gasteiger partial charge in [-0.25, -0.2) is 14.6 Å². The van der Waals surface area contributed by atoms with Crippen molar-refractivity contribution in [3.63, 3.8) is 0 Å². The zero-order valence-electron chi connectivity index (χ0n) is 14.3. The number of carbonyl (C=O) groups is 1. The van der Waals surface area contributed by atoms with E-state index < -0.39 is 18.7 Å². The summed E-state index contributed by atoms with van der Waals surface area (Å²) in [5.74, 6) is -0.0558. The maximum absolute atomic E-state index is 13.3. The molecule has 25 heavy (non-hydrogen) atoms. The van der Waals surface area contributed by atoms with E-state index in [-0.39, 0.29) is 6.10 Å². The number of carbonyl (C=O) groups excluding carboxylic acids is 1. The zero-order chi connectivity index (χ0) is 18.3. The quantitative estimate of drug-likeness (QED) is 0.541. The van der Waals surface area contributed by atoms with Crippen LogP contribution < -0.4 is 9.61 Å². The monoisotopic (exact) mass is 380 g/mol. The molecule has 1 aromatic carbocycles. The van der Waals surface area contributed by atoms with Crippen LogP contribution in [0.2, 0.25) is 0 Å². The minimum Gasteiger partial charge on any atom is -0.462 e. The van der Waals surface area contributed by atoms with E-state index in [9.17, 15) is 9.36 Å². The van der Waals surface area contributed by atoms with Crippen LogP contribution in [0.3, 0.4) is 0 Å². The fraction of sp³-hybridized carbons (Fsp3) is 0.294. The summed E-state index contributed by atoms with van der Waals surface area (Å²) in [5, 5.41) is 3.30. The van der Waals surface area contributed by atoms with Crippen molar-refractivity contribution in [1.29, 1.82) is 0 Å². The molecule has 0 radical (unpaired) electrons. The average Bonchev–Trinajstić information content (AvgIpc) is 2.55. The topological polar surface area (TPSA) is 77.5 Å². The van der Waals surface area contributed by atoms with Crippen LogP contribution in [0.25, 0.3) is 0 Å². The summed E-state index contributed by atoms with van der Waals surface area (Å²) < 4.78 is 24.2. The Morgan fingerprint density at radius 3 is 2.40 bits per heavy atom. The predicted molar refractivity (Wildman–Crippen MR) is 98.6 cm³/mol. The molecule has 8 heteroatoms. The summed E-state index contributed by atoms with van der Waals surface area (Å²) in [6, 6.07) is 13.3. The van der Waals surface area contributed by atoms with Crippen LogP contribution in [-0.4, -0.2) is 23.1 Å². The SMILES string of the molecule is CC(C)OC(=O)[C@H](C)NP(=O)(Oc1ccccc1)Sc1ccccn1. The highest BCUT2D eigenvalue weighted by Gasteiger charge is 2.32. The molecular formula is C17H21N2O4PS. The number of nitrogens with zero attached hydrogens (tertiary/aromatic N) is 1. The van der Waals surface area contributed by atoms with Gasteiger partial charge in [-0.15, -0.1) is 0 Å². The number of benzene rings is 1. The normalized spacial score (nSPS) is 14.6. The smallest absolute Gasteiger partial charge is 0.381 e. The van der Waals surface area contributed by atoms with E-state index in [1.165, 1.54) is 0 Å². The molecule has 1 aromatic heterocycles. The van der Waals surface area contributed by atoms with E-state index in [0.29, 0.717) is 10.8 Å². The molecule has 1 N–H and O–H groups in total. The minimum absolute atomic E-state index is 0.255. The number of hydrogen-bond donors (Lipinski definition) is 1. The third kappa shape index (κ3) is 6.53. The van der Waals surface area contributed by atoms with Crippen LogP contribution in [-0.2, 0) is 14.1 Å². The molecule has 1 unspecified atom stereocenters. The predicted octanol–water partition coefficient (Wildman–Crippen LogP) is 4.29. The Balaban J connectivity index is 2.19. The number of para-hydroxylation sites is 1. The van der Waals surface area contributed by atoms with Gasteiger partial charge < -0.3 is 9.26 Å². The molecule has 0 spiro atoms. The Hall–Kier alpha value is -1.82. The lowest BCUT2D eigenvalue weighted by Gasteiger charge is -2.23. The fourth-order valence-electron chi connectivity index (χ4n) is 1.84.